The van der Waals surface area contributed by atoms with Crippen LogP contribution in [0.3, 0.4) is 0 Å². The number of nitrogens with zero attached hydrogens (tertiary/aromatic N) is 2. The third-order valence-corrected chi connectivity index (χ3v) is 6.04. The van der Waals surface area contributed by atoms with Crippen molar-refractivity contribution in [1.82, 2.24) is 15.2 Å². The van der Waals surface area contributed by atoms with Crippen molar-refractivity contribution in [3.63, 3.8) is 0 Å². The van der Waals surface area contributed by atoms with E-state index in [1.54, 1.807) is 0 Å². The molecule has 1 saturated heterocycles. The fraction of sp³-hybridized carbons (Fsp3) is 0.333. The van der Waals surface area contributed by atoms with Crippen molar-refractivity contribution < 1.29 is 9.53 Å². The van der Waals surface area contributed by atoms with E-state index < -0.39 is 0 Å². The first-order valence-electron chi connectivity index (χ1n) is 10.2. The highest BCUT2D eigenvalue weighted by Crippen LogP contribution is 2.25. The monoisotopic (exact) mass is 387 g/mol. The van der Waals surface area contributed by atoms with Gasteiger partial charge in [-0.25, -0.2) is 0 Å². The molecule has 5 rings (SSSR count). The van der Waals surface area contributed by atoms with Gasteiger partial charge >= 0.3 is 0 Å². The Morgan fingerprint density at radius 1 is 1.03 bits per heavy atom. The molecule has 1 aromatic heterocycles. The minimum absolute atomic E-state index is 0.0550. The standard InChI is InChI=1S/C24H25N3O2/c28-24(14-27-12-18-5-1-2-6-19(18)13-27)26-23-16-29-15-20(23)11-17-9-10-25-22-8-4-3-7-21(17)22/h1-10,20,23H,11-16H2,(H,26,28)/t20-,23-/m1/s1. The number of fused-ring (bicyclic) bond motifs is 2. The Balaban J connectivity index is 1.22. The van der Waals surface area contributed by atoms with Gasteiger partial charge in [-0.05, 0) is 35.2 Å². The van der Waals surface area contributed by atoms with E-state index in [0.29, 0.717) is 19.8 Å². The highest BCUT2D eigenvalue weighted by molar-refractivity contribution is 5.82. The molecule has 2 aliphatic heterocycles. The number of nitrogens with one attached hydrogen (secondary N) is 1. The Morgan fingerprint density at radius 3 is 2.62 bits per heavy atom. The molecule has 29 heavy (non-hydrogen) atoms. The maximum absolute atomic E-state index is 12.7. The van der Waals surface area contributed by atoms with Crippen molar-refractivity contribution in [2.45, 2.75) is 25.6 Å². The lowest BCUT2D eigenvalue weighted by molar-refractivity contribution is -0.123. The maximum Gasteiger partial charge on any atom is 0.234 e. The quantitative estimate of drug-likeness (QED) is 0.731. The summed E-state index contributed by atoms with van der Waals surface area (Å²) < 4.78 is 5.73. The molecule has 0 unspecified atom stereocenters. The van der Waals surface area contributed by atoms with Gasteiger partial charge in [0.1, 0.15) is 0 Å². The zero-order valence-corrected chi connectivity index (χ0v) is 16.4. The highest BCUT2D eigenvalue weighted by atomic mass is 16.5. The molecule has 148 valence electrons. The van der Waals surface area contributed by atoms with Crippen LogP contribution in [0.5, 0.6) is 0 Å². The summed E-state index contributed by atoms with van der Waals surface area (Å²) in [6, 6.07) is 18.8. The van der Waals surface area contributed by atoms with Crippen LogP contribution in [0.4, 0.5) is 0 Å². The number of rotatable bonds is 5. The van der Waals surface area contributed by atoms with Crippen molar-refractivity contribution in [3.8, 4) is 0 Å². The number of amides is 1. The molecule has 1 fully saturated rings. The van der Waals surface area contributed by atoms with Crippen LogP contribution in [-0.2, 0) is 29.0 Å². The van der Waals surface area contributed by atoms with Crippen LogP contribution in [0.15, 0.2) is 60.8 Å². The van der Waals surface area contributed by atoms with Crippen LogP contribution in [0, 0.1) is 5.92 Å². The van der Waals surface area contributed by atoms with E-state index in [2.05, 4.69) is 51.6 Å². The Labute approximate surface area is 170 Å². The van der Waals surface area contributed by atoms with Gasteiger partial charge < -0.3 is 10.1 Å². The summed E-state index contributed by atoms with van der Waals surface area (Å²) in [7, 11) is 0. The van der Waals surface area contributed by atoms with Crippen LogP contribution in [0.25, 0.3) is 10.9 Å². The number of pyridine rings is 1. The number of para-hydroxylation sites is 1. The van der Waals surface area contributed by atoms with Crippen molar-refractivity contribution in [3.05, 3.63) is 77.5 Å². The molecule has 5 heteroatoms. The summed E-state index contributed by atoms with van der Waals surface area (Å²) in [6.45, 7) is 3.38. The fourth-order valence-electron chi connectivity index (χ4n) is 4.55. The van der Waals surface area contributed by atoms with Gasteiger partial charge in [-0.1, -0.05) is 42.5 Å². The van der Waals surface area contributed by atoms with E-state index in [-0.39, 0.29) is 17.9 Å². The fourth-order valence-corrected chi connectivity index (χ4v) is 4.55. The van der Waals surface area contributed by atoms with Gasteiger partial charge in [0.2, 0.25) is 5.91 Å². The first-order chi connectivity index (χ1) is 14.3. The lowest BCUT2D eigenvalue weighted by atomic mass is 9.93. The van der Waals surface area contributed by atoms with E-state index in [9.17, 15) is 4.79 Å². The van der Waals surface area contributed by atoms with Crippen LogP contribution < -0.4 is 5.32 Å². The molecule has 0 bridgehead atoms. The molecule has 2 aromatic carbocycles. The molecule has 1 N–H and O–H groups in total. The average molecular weight is 387 g/mol. The first-order valence-corrected chi connectivity index (χ1v) is 10.2. The van der Waals surface area contributed by atoms with Gasteiger partial charge in [-0.15, -0.1) is 0 Å². The zero-order chi connectivity index (χ0) is 19.6. The molecule has 0 aliphatic carbocycles. The number of aromatic nitrogens is 1. The SMILES string of the molecule is O=C(CN1Cc2ccccc2C1)N[C@@H]1COC[C@H]1Cc1ccnc2ccccc12. The minimum Gasteiger partial charge on any atom is -0.379 e. The number of ether oxygens (including phenoxy) is 1. The summed E-state index contributed by atoms with van der Waals surface area (Å²) in [6.07, 6.45) is 2.75. The third kappa shape index (κ3) is 3.88. The molecule has 0 radical (unpaired) electrons. The predicted molar refractivity (Wildman–Crippen MR) is 112 cm³/mol. The Morgan fingerprint density at radius 2 is 1.79 bits per heavy atom. The Bertz CT molecular complexity index is 1010. The van der Waals surface area contributed by atoms with Crippen molar-refractivity contribution in [2.75, 3.05) is 19.8 Å². The number of benzene rings is 2. The van der Waals surface area contributed by atoms with Crippen LogP contribution in [-0.4, -0.2) is 41.6 Å². The van der Waals surface area contributed by atoms with Crippen LogP contribution in [0.2, 0.25) is 0 Å². The van der Waals surface area contributed by atoms with E-state index >= 15 is 0 Å². The molecule has 1 amide bonds. The van der Waals surface area contributed by atoms with Crippen LogP contribution in [0.1, 0.15) is 16.7 Å². The first kappa shape index (κ1) is 18.3. The third-order valence-electron chi connectivity index (χ3n) is 6.04. The van der Waals surface area contributed by atoms with Gasteiger partial charge in [-0.2, -0.15) is 0 Å². The van der Waals surface area contributed by atoms with Gasteiger partial charge in [0.15, 0.2) is 0 Å². The molecule has 0 spiro atoms. The van der Waals surface area contributed by atoms with E-state index in [1.807, 2.05) is 24.4 Å². The van der Waals surface area contributed by atoms with Crippen molar-refractivity contribution >= 4 is 16.8 Å². The number of carbonyl (C=O) groups is 1. The molecule has 2 atom stereocenters. The second kappa shape index (κ2) is 7.93. The lowest BCUT2D eigenvalue weighted by Gasteiger charge is -2.22. The molecular formula is C24H25N3O2. The second-order valence-corrected chi connectivity index (χ2v) is 8.08. The number of hydrogen-bond donors (Lipinski definition) is 1. The van der Waals surface area contributed by atoms with Crippen LogP contribution >= 0.6 is 0 Å². The summed E-state index contributed by atoms with van der Waals surface area (Å²) in [5.41, 5.74) is 4.93. The normalized spacial score (nSPS) is 21.4. The van der Waals surface area contributed by atoms with Crippen molar-refractivity contribution in [1.29, 1.82) is 0 Å². The predicted octanol–water partition coefficient (Wildman–Crippen LogP) is 2.92. The molecule has 2 aliphatic rings. The summed E-state index contributed by atoms with van der Waals surface area (Å²) in [4.78, 5) is 19.3. The molecule has 3 aromatic rings. The lowest BCUT2D eigenvalue weighted by Crippen LogP contribution is -2.44. The Hall–Kier alpha value is -2.76. The van der Waals surface area contributed by atoms with E-state index in [1.165, 1.54) is 22.1 Å². The van der Waals surface area contributed by atoms with Gasteiger partial charge in [0.05, 0.1) is 31.3 Å². The highest BCUT2D eigenvalue weighted by Gasteiger charge is 2.31. The van der Waals surface area contributed by atoms with Gasteiger partial charge in [-0.3, -0.25) is 14.7 Å². The summed E-state index contributed by atoms with van der Waals surface area (Å²) in [5, 5.41) is 4.41. The van der Waals surface area contributed by atoms with Crippen molar-refractivity contribution in [2.24, 2.45) is 5.92 Å². The van der Waals surface area contributed by atoms with Gasteiger partial charge in [0.25, 0.3) is 0 Å². The molecule has 3 heterocycles. The largest absolute Gasteiger partial charge is 0.379 e. The average Bonchev–Trinajstić information content (AvgIpc) is 3.34. The summed E-state index contributed by atoms with van der Waals surface area (Å²) in [5.74, 6) is 0.360. The van der Waals surface area contributed by atoms with Gasteiger partial charge in [0, 0.05) is 30.6 Å². The second-order valence-electron chi connectivity index (χ2n) is 8.08. The molecule has 0 saturated carbocycles. The number of hydrogen-bond acceptors (Lipinski definition) is 4. The smallest absolute Gasteiger partial charge is 0.234 e. The maximum atomic E-state index is 12.7. The Kier molecular flexibility index (Phi) is 5.00. The number of carbonyl (C=O) groups excluding carboxylic acids is 1. The minimum atomic E-state index is 0.0550. The zero-order valence-electron chi connectivity index (χ0n) is 16.4. The van der Waals surface area contributed by atoms with E-state index in [4.69, 9.17) is 4.74 Å². The topological polar surface area (TPSA) is 54.5 Å². The molecular weight excluding hydrogens is 362 g/mol. The van der Waals surface area contributed by atoms with E-state index in [0.717, 1.165) is 25.0 Å². The molecule has 5 nitrogen and oxygen atoms in total. The summed E-state index contributed by atoms with van der Waals surface area (Å²) >= 11 is 0.